The zero-order chi connectivity index (χ0) is 9.84. The van der Waals surface area contributed by atoms with Gasteiger partial charge in [-0.25, -0.2) is 0 Å². The van der Waals surface area contributed by atoms with Crippen molar-refractivity contribution in [1.82, 2.24) is 0 Å². The monoisotopic (exact) mass is 197 g/mol. The molecular weight excluding hydrogens is 182 g/mol. The van der Waals surface area contributed by atoms with Crippen molar-refractivity contribution in [1.29, 1.82) is 0 Å². The molecule has 0 saturated heterocycles. The number of Topliss-reactive ketones (excluding diaryl/α,β-unsaturated/α-hetero) is 1. The van der Waals surface area contributed by atoms with Gasteiger partial charge in [0, 0.05) is 10.8 Å². The molecule has 0 aliphatic rings. The summed E-state index contributed by atoms with van der Waals surface area (Å²) in [6.07, 6.45) is 0.774. The van der Waals surface area contributed by atoms with E-state index >= 15 is 0 Å². The Balaban J connectivity index is 2.67. The van der Waals surface area contributed by atoms with Gasteiger partial charge in [0.05, 0.1) is 4.88 Å². The number of thiophene rings is 1. The smallest absolute Gasteiger partial charge is 0.175 e. The molecule has 0 spiro atoms. The van der Waals surface area contributed by atoms with Crippen LogP contribution in [0.1, 0.15) is 27.9 Å². The number of nitrogens with two attached hydrogens (primary N) is 1. The Hall–Kier alpha value is -0.670. The van der Waals surface area contributed by atoms with Crippen molar-refractivity contribution in [3.8, 4) is 0 Å². The first-order chi connectivity index (χ1) is 6.15. The molecule has 3 heteroatoms. The lowest BCUT2D eigenvalue weighted by Crippen LogP contribution is -2.14. The third kappa shape index (κ3) is 2.64. The summed E-state index contributed by atoms with van der Waals surface area (Å²) >= 11 is 1.56. The molecule has 0 aliphatic heterocycles. The third-order valence-electron chi connectivity index (χ3n) is 2.03. The fraction of sp³-hybridized carbons (Fsp3) is 0.500. The molecule has 0 aliphatic carbocycles. The second-order valence-corrected chi connectivity index (χ2v) is 4.54. The summed E-state index contributed by atoms with van der Waals surface area (Å²) in [6, 6.07) is 3.88. The van der Waals surface area contributed by atoms with Gasteiger partial charge in [-0.15, -0.1) is 11.3 Å². The Morgan fingerprint density at radius 1 is 1.62 bits per heavy atom. The van der Waals surface area contributed by atoms with Crippen LogP contribution in [0.5, 0.6) is 0 Å². The van der Waals surface area contributed by atoms with Gasteiger partial charge in [-0.1, -0.05) is 6.92 Å². The van der Waals surface area contributed by atoms with Crippen molar-refractivity contribution in [3.63, 3.8) is 0 Å². The molecule has 1 heterocycles. The lowest BCUT2D eigenvalue weighted by atomic mass is 10.0. The Labute approximate surface area is 82.8 Å². The van der Waals surface area contributed by atoms with E-state index in [-0.39, 0.29) is 11.7 Å². The highest BCUT2D eigenvalue weighted by atomic mass is 32.1. The Kier molecular flexibility index (Phi) is 3.63. The van der Waals surface area contributed by atoms with Crippen molar-refractivity contribution in [3.05, 3.63) is 21.9 Å². The summed E-state index contributed by atoms with van der Waals surface area (Å²) in [5, 5.41) is 0. The van der Waals surface area contributed by atoms with Crippen molar-refractivity contribution in [2.24, 2.45) is 11.7 Å². The van der Waals surface area contributed by atoms with Crippen molar-refractivity contribution < 1.29 is 4.79 Å². The predicted octanol–water partition coefficient (Wildman–Crippen LogP) is 2.22. The second-order valence-electron chi connectivity index (χ2n) is 3.25. The molecule has 1 rings (SSSR count). The topological polar surface area (TPSA) is 43.1 Å². The Morgan fingerprint density at radius 2 is 2.31 bits per heavy atom. The molecule has 13 heavy (non-hydrogen) atoms. The largest absolute Gasteiger partial charge is 0.330 e. The highest BCUT2D eigenvalue weighted by molar-refractivity contribution is 7.14. The standard InChI is InChI=1S/C10H15NOS/c1-7(5-6-11)10(12)9-4-3-8(2)13-9/h3-4,7H,5-6,11H2,1-2H3. The fourth-order valence-corrected chi connectivity index (χ4v) is 2.11. The van der Waals surface area contributed by atoms with Gasteiger partial charge in [-0.05, 0) is 32.0 Å². The molecule has 72 valence electrons. The first-order valence-corrected chi connectivity index (χ1v) is 5.27. The summed E-state index contributed by atoms with van der Waals surface area (Å²) in [5.74, 6) is 0.284. The van der Waals surface area contributed by atoms with Gasteiger partial charge in [0.25, 0.3) is 0 Å². The lowest BCUT2D eigenvalue weighted by Gasteiger charge is -2.05. The quantitative estimate of drug-likeness (QED) is 0.752. The Bertz CT molecular complexity index is 293. The van der Waals surface area contributed by atoms with Gasteiger partial charge >= 0.3 is 0 Å². The number of hydrogen-bond donors (Lipinski definition) is 1. The number of carbonyl (C=O) groups excluding carboxylic acids is 1. The highest BCUT2D eigenvalue weighted by Gasteiger charge is 2.15. The van der Waals surface area contributed by atoms with E-state index in [0.29, 0.717) is 6.54 Å². The molecule has 2 nitrogen and oxygen atoms in total. The van der Waals surface area contributed by atoms with Crippen LogP contribution in [0, 0.1) is 12.8 Å². The van der Waals surface area contributed by atoms with Gasteiger partial charge in [-0.3, -0.25) is 4.79 Å². The van der Waals surface area contributed by atoms with Crippen molar-refractivity contribution >= 4 is 17.1 Å². The van der Waals surface area contributed by atoms with Crippen molar-refractivity contribution in [2.75, 3.05) is 6.54 Å². The van der Waals surface area contributed by atoms with Crippen LogP contribution in [0.15, 0.2) is 12.1 Å². The molecule has 1 aromatic rings. The van der Waals surface area contributed by atoms with Gasteiger partial charge < -0.3 is 5.73 Å². The first-order valence-electron chi connectivity index (χ1n) is 4.46. The van der Waals surface area contributed by atoms with Crippen LogP contribution in [0.4, 0.5) is 0 Å². The van der Waals surface area contributed by atoms with Crippen molar-refractivity contribution in [2.45, 2.75) is 20.3 Å². The molecule has 0 radical (unpaired) electrons. The van der Waals surface area contributed by atoms with Crippen LogP contribution in [0.3, 0.4) is 0 Å². The molecule has 0 amide bonds. The molecule has 0 bridgehead atoms. The van der Waals surface area contributed by atoms with Gasteiger partial charge in [0.1, 0.15) is 0 Å². The molecule has 2 N–H and O–H groups in total. The van der Waals surface area contributed by atoms with E-state index in [9.17, 15) is 4.79 Å². The normalized spacial score (nSPS) is 12.8. The predicted molar refractivity (Wildman–Crippen MR) is 56.2 cm³/mol. The third-order valence-corrected chi connectivity index (χ3v) is 3.05. The molecule has 1 atom stereocenters. The zero-order valence-corrected chi connectivity index (χ0v) is 8.86. The van der Waals surface area contributed by atoms with Crippen LogP contribution < -0.4 is 5.73 Å². The highest BCUT2D eigenvalue weighted by Crippen LogP contribution is 2.19. The number of aryl methyl sites for hydroxylation is 1. The molecule has 0 fully saturated rings. The number of hydrogen-bond acceptors (Lipinski definition) is 3. The van der Waals surface area contributed by atoms with Gasteiger partial charge in [-0.2, -0.15) is 0 Å². The van der Waals surface area contributed by atoms with E-state index in [0.717, 1.165) is 11.3 Å². The van der Waals surface area contributed by atoms with Gasteiger partial charge in [0.15, 0.2) is 5.78 Å². The van der Waals surface area contributed by atoms with E-state index in [1.807, 2.05) is 26.0 Å². The van der Waals surface area contributed by atoms with E-state index in [1.54, 1.807) is 11.3 Å². The first kappa shape index (κ1) is 10.4. The maximum Gasteiger partial charge on any atom is 0.175 e. The molecule has 1 aromatic heterocycles. The van der Waals surface area contributed by atoms with Crippen LogP contribution in [0.25, 0.3) is 0 Å². The number of ketones is 1. The molecular formula is C10H15NOS. The maximum absolute atomic E-state index is 11.7. The van der Waals surface area contributed by atoms with Crippen LogP contribution >= 0.6 is 11.3 Å². The van der Waals surface area contributed by atoms with Crippen LogP contribution in [-0.4, -0.2) is 12.3 Å². The average Bonchev–Trinajstić information content (AvgIpc) is 2.51. The summed E-state index contributed by atoms with van der Waals surface area (Å²) in [5.41, 5.74) is 5.40. The second kappa shape index (κ2) is 4.53. The summed E-state index contributed by atoms with van der Waals surface area (Å²) in [7, 11) is 0. The SMILES string of the molecule is Cc1ccc(C(=O)C(C)CCN)s1. The van der Waals surface area contributed by atoms with Crippen LogP contribution in [-0.2, 0) is 0 Å². The molecule has 0 saturated carbocycles. The lowest BCUT2D eigenvalue weighted by molar-refractivity contribution is 0.0929. The van der Waals surface area contributed by atoms with Gasteiger partial charge in [0.2, 0.25) is 0 Å². The van der Waals surface area contributed by atoms with E-state index in [4.69, 9.17) is 5.73 Å². The number of rotatable bonds is 4. The Morgan fingerprint density at radius 3 is 2.77 bits per heavy atom. The van der Waals surface area contributed by atoms with Crippen LogP contribution in [0.2, 0.25) is 0 Å². The maximum atomic E-state index is 11.7. The minimum absolute atomic E-state index is 0.0584. The molecule has 1 unspecified atom stereocenters. The zero-order valence-electron chi connectivity index (χ0n) is 8.04. The summed E-state index contributed by atoms with van der Waals surface area (Å²) in [4.78, 5) is 13.7. The van der Waals surface area contributed by atoms with E-state index in [2.05, 4.69) is 0 Å². The minimum Gasteiger partial charge on any atom is -0.330 e. The minimum atomic E-state index is 0.0584. The molecule has 0 aromatic carbocycles. The summed E-state index contributed by atoms with van der Waals surface area (Å²) < 4.78 is 0. The summed E-state index contributed by atoms with van der Waals surface area (Å²) in [6.45, 7) is 4.52. The number of carbonyl (C=O) groups is 1. The average molecular weight is 197 g/mol. The van der Waals surface area contributed by atoms with E-state index in [1.165, 1.54) is 4.88 Å². The fourth-order valence-electron chi connectivity index (χ4n) is 1.19. The van der Waals surface area contributed by atoms with E-state index < -0.39 is 0 Å².